The molecule has 0 aromatic carbocycles. The molecule has 5 nitrogen and oxygen atoms in total. The van der Waals surface area contributed by atoms with Gasteiger partial charge in [0.05, 0.1) is 6.54 Å². The molecule has 0 unspecified atom stereocenters. The predicted octanol–water partition coefficient (Wildman–Crippen LogP) is 1.94. The zero-order valence-electron chi connectivity index (χ0n) is 10.3. The summed E-state index contributed by atoms with van der Waals surface area (Å²) in [6.07, 6.45) is 1.86. The van der Waals surface area contributed by atoms with E-state index in [1.165, 1.54) is 4.31 Å². The van der Waals surface area contributed by atoms with Crippen LogP contribution >= 0.6 is 15.9 Å². The summed E-state index contributed by atoms with van der Waals surface area (Å²) in [6, 6.07) is 1.60. The number of hydrogen-bond acceptors (Lipinski definition) is 4. The van der Waals surface area contributed by atoms with Crippen molar-refractivity contribution in [3.05, 3.63) is 16.5 Å². The Morgan fingerprint density at radius 2 is 2.11 bits per heavy atom. The summed E-state index contributed by atoms with van der Waals surface area (Å²) in [6.45, 7) is 4.53. The Labute approximate surface area is 116 Å². The van der Waals surface area contributed by atoms with E-state index < -0.39 is 10.0 Å². The van der Waals surface area contributed by atoms with Crippen LogP contribution in [0.3, 0.4) is 0 Å². The molecule has 1 aromatic heterocycles. The monoisotopic (exact) mass is 336 g/mol. The van der Waals surface area contributed by atoms with Crippen LogP contribution in [-0.4, -0.2) is 32.4 Å². The molecule has 0 spiro atoms. The van der Waals surface area contributed by atoms with Crippen molar-refractivity contribution in [2.75, 3.05) is 19.6 Å². The maximum Gasteiger partial charge on any atom is 0.247 e. The van der Waals surface area contributed by atoms with E-state index in [9.17, 15) is 8.42 Å². The Morgan fingerprint density at radius 3 is 2.72 bits per heavy atom. The van der Waals surface area contributed by atoms with Crippen molar-refractivity contribution in [3.8, 4) is 0 Å². The summed E-state index contributed by atoms with van der Waals surface area (Å²) in [7, 11) is -3.41. The second-order valence-electron chi connectivity index (χ2n) is 4.24. The molecule has 1 aromatic rings. The maximum absolute atomic E-state index is 12.4. The van der Waals surface area contributed by atoms with E-state index >= 15 is 0 Å². The van der Waals surface area contributed by atoms with Gasteiger partial charge >= 0.3 is 0 Å². The Kier molecular flexibility index (Phi) is 4.47. The average molecular weight is 337 g/mol. The van der Waals surface area contributed by atoms with Crippen LogP contribution in [0.15, 0.2) is 20.0 Å². The van der Waals surface area contributed by atoms with Crippen LogP contribution in [-0.2, 0) is 16.6 Å². The zero-order valence-corrected chi connectivity index (χ0v) is 12.7. The highest BCUT2D eigenvalue weighted by Crippen LogP contribution is 2.30. The van der Waals surface area contributed by atoms with Crippen molar-refractivity contribution in [2.24, 2.45) is 0 Å². The summed E-state index contributed by atoms with van der Waals surface area (Å²) >= 11 is 3.19. The lowest BCUT2D eigenvalue weighted by Gasteiger charge is -2.13. The van der Waals surface area contributed by atoms with E-state index in [2.05, 4.69) is 21.2 Å². The van der Waals surface area contributed by atoms with Gasteiger partial charge in [0.2, 0.25) is 10.0 Å². The molecule has 0 bridgehead atoms. The van der Waals surface area contributed by atoms with Crippen molar-refractivity contribution in [1.29, 1.82) is 0 Å². The number of halogens is 1. The molecule has 1 aliphatic heterocycles. The summed E-state index contributed by atoms with van der Waals surface area (Å²) in [5.74, 6) is 0.626. The van der Waals surface area contributed by atoms with Gasteiger partial charge in [-0.15, -0.1) is 0 Å². The van der Waals surface area contributed by atoms with Crippen LogP contribution in [0.2, 0.25) is 0 Å². The van der Waals surface area contributed by atoms with Crippen molar-refractivity contribution in [3.63, 3.8) is 0 Å². The van der Waals surface area contributed by atoms with Crippen LogP contribution in [0, 0.1) is 0 Å². The van der Waals surface area contributed by atoms with Gasteiger partial charge in [-0.05, 0) is 35.3 Å². The fourth-order valence-corrected chi connectivity index (χ4v) is 4.45. The fourth-order valence-electron chi connectivity index (χ4n) is 1.98. The van der Waals surface area contributed by atoms with Gasteiger partial charge in [-0.1, -0.05) is 6.92 Å². The van der Waals surface area contributed by atoms with Crippen LogP contribution < -0.4 is 5.32 Å². The van der Waals surface area contributed by atoms with E-state index in [4.69, 9.17) is 4.42 Å². The first-order valence-corrected chi connectivity index (χ1v) is 8.28. The van der Waals surface area contributed by atoms with Gasteiger partial charge in [0, 0.05) is 19.2 Å². The average Bonchev–Trinajstić information content (AvgIpc) is 2.95. The second kappa shape index (κ2) is 5.73. The summed E-state index contributed by atoms with van der Waals surface area (Å²) in [4.78, 5) is 0.234. The Morgan fingerprint density at radius 1 is 1.44 bits per heavy atom. The highest BCUT2D eigenvalue weighted by Gasteiger charge is 2.31. The lowest BCUT2D eigenvalue weighted by Crippen LogP contribution is -2.27. The number of rotatable bonds is 5. The van der Waals surface area contributed by atoms with Crippen LogP contribution in [0.25, 0.3) is 0 Å². The topological polar surface area (TPSA) is 62.6 Å². The first-order valence-electron chi connectivity index (χ1n) is 6.04. The third-order valence-corrected chi connectivity index (χ3v) is 5.69. The lowest BCUT2D eigenvalue weighted by molar-refractivity contribution is 0.456. The molecule has 18 heavy (non-hydrogen) atoms. The van der Waals surface area contributed by atoms with Gasteiger partial charge in [-0.2, -0.15) is 4.31 Å². The molecule has 1 N–H and O–H groups in total. The van der Waals surface area contributed by atoms with E-state index in [0.29, 0.717) is 30.1 Å². The Hall–Kier alpha value is -0.370. The summed E-state index contributed by atoms with van der Waals surface area (Å²) in [5, 5.41) is 3.10. The maximum atomic E-state index is 12.4. The van der Waals surface area contributed by atoms with Crippen LogP contribution in [0.4, 0.5) is 0 Å². The minimum Gasteiger partial charge on any atom is -0.452 e. The van der Waals surface area contributed by atoms with Gasteiger partial charge in [-0.3, -0.25) is 0 Å². The van der Waals surface area contributed by atoms with Crippen LogP contribution in [0.1, 0.15) is 25.5 Å². The van der Waals surface area contributed by atoms with Crippen molar-refractivity contribution >= 4 is 26.0 Å². The SMILES string of the molecule is CCNCc1cc(S(=O)(=O)N2CCCC2)c(Br)o1. The van der Waals surface area contributed by atoms with E-state index in [-0.39, 0.29) is 4.90 Å². The molecular formula is C11H17BrN2O3S. The van der Waals surface area contributed by atoms with E-state index in [0.717, 1.165) is 19.4 Å². The predicted molar refractivity (Wildman–Crippen MR) is 71.8 cm³/mol. The van der Waals surface area contributed by atoms with Crippen molar-refractivity contribution in [1.82, 2.24) is 9.62 Å². The number of sulfonamides is 1. The van der Waals surface area contributed by atoms with Gasteiger partial charge in [0.25, 0.3) is 0 Å². The molecule has 1 aliphatic rings. The smallest absolute Gasteiger partial charge is 0.247 e. The highest BCUT2D eigenvalue weighted by molar-refractivity contribution is 9.10. The highest BCUT2D eigenvalue weighted by atomic mass is 79.9. The molecule has 102 valence electrons. The fraction of sp³-hybridized carbons (Fsp3) is 0.636. The van der Waals surface area contributed by atoms with E-state index in [1.807, 2.05) is 6.92 Å². The summed E-state index contributed by atoms with van der Waals surface area (Å²) in [5.41, 5.74) is 0. The number of nitrogens with one attached hydrogen (secondary N) is 1. The third kappa shape index (κ3) is 2.79. The molecule has 0 atom stereocenters. The molecule has 7 heteroatoms. The number of hydrogen-bond donors (Lipinski definition) is 1. The van der Waals surface area contributed by atoms with Crippen molar-refractivity contribution < 1.29 is 12.8 Å². The second-order valence-corrected chi connectivity index (χ2v) is 6.87. The Bertz CT molecular complexity index is 506. The molecule has 1 saturated heterocycles. The third-order valence-electron chi connectivity index (χ3n) is 2.94. The number of furan rings is 1. The molecule has 1 fully saturated rings. The van der Waals surface area contributed by atoms with Gasteiger partial charge in [0.15, 0.2) is 4.67 Å². The standard InChI is InChI=1S/C11H17BrN2O3S/c1-2-13-8-9-7-10(11(12)17-9)18(15,16)14-5-3-4-6-14/h7,13H,2-6,8H2,1H3. The van der Waals surface area contributed by atoms with Crippen molar-refractivity contribution in [2.45, 2.75) is 31.2 Å². The minimum atomic E-state index is -3.41. The first kappa shape index (κ1) is 14.0. The molecule has 0 aliphatic carbocycles. The van der Waals surface area contributed by atoms with Gasteiger partial charge in [0.1, 0.15) is 10.7 Å². The zero-order chi connectivity index (χ0) is 13.2. The first-order chi connectivity index (χ1) is 8.55. The minimum absolute atomic E-state index is 0.234. The number of nitrogens with zero attached hydrogens (tertiary/aromatic N) is 1. The van der Waals surface area contributed by atoms with E-state index in [1.54, 1.807) is 6.07 Å². The molecule has 0 radical (unpaired) electrons. The van der Waals surface area contributed by atoms with Crippen LogP contribution in [0.5, 0.6) is 0 Å². The quantitative estimate of drug-likeness (QED) is 0.892. The molecule has 2 rings (SSSR count). The molecule has 2 heterocycles. The molecule has 0 saturated carbocycles. The largest absolute Gasteiger partial charge is 0.452 e. The summed E-state index contributed by atoms with van der Waals surface area (Å²) < 4.78 is 31.9. The lowest BCUT2D eigenvalue weighted by atomic mass is 10.4. The molecular weight excluding hydrogens is 320 g/mol. The normalized spacial score (nSPS) is 17.4. The van der Waals surface area contributed by atoms with Gasteiger partial charge < -0.3 is 9.73 Å². The molecule has 0 amide bonds. The van der Waals surface area contributed by atoms with Gasteiger partial charge in [-0.25, -0.2) is 8.42 Å². The Balaban J connectivity index is 2.24.